The number of nitrogens with zero attached hydrogens (tertiary/aromatic N) is 3. The van der Waals surface area contributed by atoms with Crippen molar-refractivity contribution in [3.05, 3.63) is 103 Å². The second-order valence-corrected chi connectivity index (χ2v) is 10.7. The molecule has 216 valence electrons. The maximum absolute atomic E-state index is 14.2. The first-order chi connectivity index (χ1) is 20.3. The van der Waals surface area contributed by atoms with E-state index < -0.39 is 18.6 Å². The first-order valence-corrected chi connectivity index (χ1v) is 14.4. The predicted molar refractivity (Wildman–Crippen MR) is 162 cm³/mol. The van der Waals surface area contributed by atoms with E-state index in [1.54, 1.807) is 46.9 Å². The molecule has 1 unspecified atom stereocenters. The molecular weight excluding hydrogens is 554 g/mol. The molecule has 0 bridgehead atoms. The van der Waals surface area contributed by atoms with E-state index in [2.05, 4.69) is 0 Å². The van der Waals surface area contributed by atoms with Crippen molar-refractivity contribution in [2.75, 3.05) is 26.8 Å². The Labute approximate surface area is 246 Å². The van der Waals surface area contributed by atoms with Crippen molar-refractivity contribution in [3.63, 3.8) is 0 Å². The molecule has 1 amide bonds. The van der Waals surface area contributed by atoms with Gasteiger partial charge in [-0.3, -0.25) is 14.2 Å². The van der Waals surface area contributed by atoms with Crippen LogP contribution in [0, 0.1) is 0 Å². The van der Waals surface area contributed by atoms with Gasteiger partial charge in [-0.2, -0.15) is 0 Å². The van der Waals surface area contributed by atoms with Gasteiger partial charge in [0.05, 0.1) is 22.9 Å². The third-order valence-corrected chi connectivity index (χ3v) is 8.23. The number of benzene rings is 3. The number of allylic oxidation sites excluding steroid dienone is 1. The Bertz CT molecular complexity index is 1900. The predicted octanol–water partition coefficient (Wildman–Crippen LogP) is 3.73. The molecule has 1 aliphatic heterocycles. The van der Waals surface area contributed by atoms with Gasteiger partial charge in [0.25, 0.3) is 11.5 Å². The Balaban J connectivity index is 1.77. The minimum Gasteiger partial charge on any atom is -0.496 e. The quantitative estimate of drug-likeness (QED) is 0.321. The molecule has 0 fully saturated rings. The zero-order valence-corrected chi connectivity index (χ0v) is 24.6. The second kappa shape index (κ2) is 12.0. The van der Waals surface area contributed by atoms with Crippen molar-refractivity contribution >= 4 is 40.1 Å². The highest BCUT2D eigenvalue weighted by molar-refractivity contribution is 7.07. The van der Waals surface area contributed by atoms with Crippen LogP contribution < -0.4 is 24.4 Å². The second-order valence-electron chi connectivity index (χ2n) is 9.72. The van der Waals surface area contributed by atoms with Crippen molar-refractivity contribution in [2.24, 2.45) is 4.99 Å². The molecule has 0 radical (unpaired) electrons. The number of aromatic nitrogens is 1. The van der Waals surface area contributed by atoms with Crippen LogP contribution in [0.4, 0.5) is 0 Å². The molecule has 2 heterocycles. The molecule has 9 nitrogen and oxygen atoms in total. The van der Waals surface area contributed by atoms with E-state index in [1.165, 1.54) is 11.3 Å². The number of hydrogen-bond acceptors (Lipinski definition) is 7. The fourth-order valence-corrected chi connectivity index (χ4v) is 6.32. The zero-order valence-electron chi connectivity index (χ0n) is 23.8. The lowest BCUT2D eigenvalue weighted by atomic mass is 9.90. The standard InChI is InChI=1S/C32H31N3O6S/c1-5-34(6-2)31(39)27-19(3)33-32-35(29(27)28-23-13-8-7-11-21(23)14-15-24(28)40-4)30(38)25(42-32)17-20-10-9-12-22(16-20)41-18-26(36)37/h7-17,29H,5-6,18H2,1-4H3,(H,36,37)/b25-17-. The number of hydrogen-bond donors (Lipinski definition) is 1. The van der Waals surface area contributed by atoms with Crippen LogP contribution in [0.2, 0.25) is 0 Å². The van der Waals surface area contributed by atoms with Crippen LogP contribution in [0.1, 0.15) is 37.9 Å². The summed E-state index contributed by atoms with van der Waals surface area (Å²) in [6.07, 6.45) is 1.72. The summed E-state index contributed by atoms with van der Waals surface area (Å²) in [6.45, 7) is 6.21. The largest absolute Gasteiger partial charge is 0.496 e. The molecule has 1 N–H and O–H groups in total. The van der Waals surface area contributed by atoms with Crippen molar-refractivity contribution in [1.29, 1.82) is 0 Å². The summed E-state index contributed by atoms with van der Waals surface area (Å²) < 4.78 is 13.2. The SMILES string of the molecule is CCN(CC)C(=O)C1=C(C)N=c2s/c(=C\c3cccc(OCC(=O)O)c3)c(=O)n2C1c1c(OC)ccc2ccccc12. The third-order valence-electron chi connectivity index (χ3n) is 7.24. The maximum Gasteiger partial charge on any atom is 0.341 e. The summed E-state index contributed by atoms with van der Waals surface area (Å²) in [5.41, 5.74) is 2.06. The van der Waals surface area contributed by atoms with E-state index in [0.717, 1.165) is 16.3 Å². The number of thiazole rings is 1. The summed E-state index contributed by atoms with van der Waals surface area (Å²) in [6, 6.07) is 17.8. The van der Waals surface area contributed by atoms with Gasteiger partial charge in [-0.25, -0.2) is 9.79 Å². The molecule has 1 aliphatic rings. The molecule has 0 saturated carbocycles. The number of rotatable bonds is 9. The minimum absolute atomic E-state index is 0.182. The van der Waals surface area contributed by atoms with Crippen molar-refractivity contribution in [3.8, 4) is 11.5 Å². The number of amides is 1. The number of ether oxygens (including phenoxy) is 2. The number of carbonyl (C=O) groups excluding carboxylic acids is 1. The van der Waals surface area contributed by atoms with Crippen LogP contribution in [0.15, 0.2) is 81.7 Å². The van der Waals surface area contributed by atoms with Gasteiger partial charge in [0, 0.05) is 18.7 Å². The average Bonchev–Trinajstić information content (AvgIpc) is 3.29. The molecule has 10 heteroatoms. The van der Waals surface area contributed by atoms with E-state index in [4.69, 9.17) is 19.6 Å². The van der Waals surface area contributed by atoms with Crippen LogP contribution in [-0.4, -0.2) is 53.3 Å². The van der Waals surface area contributed by atoms with E-state index in [-0.39, 0.29) is 11.5 Å². The lowest BCUT2D eigenvalue weighted by Gasteiger charge is -2.30. The fraction of sp³-hybridized carbons (Fsp3) is 0.250. The highest BCUT2D eigenvalue weighted by Crippen LogP contribution is 2.40. The number of aliphatic carboxylic acids is 1. The number of carbonyl (C=O) groups is 2. The monoisotopic (exact) mass is 585 g/mol. The molecule has 0 saturated heterocycles. The van der Waals surface area contributed by atoms with Gasteiger partial charge in [-0.05, 0) is 61.4 Å². The summed E-state index contributed by atoms with van der Waals surface area (Å²) in [4.78, 5) is 46.2. The smallest absolute Gasteiger partial charge is 0.341 e. The van der Waals surface area contributed by atoms with E-state index in [9.17, 15) is 14.4 Å². The lowest BCUT2D eigenvalue weighted by Crippen LogP contribution is -2.43. The Morgan fingerprint density at radius 1 is 1.10 bits per heavy atom. The van der Waals surface area contributed by atoms with Gasteiger partial charge in [-0.15, -0.1) is 0 Å². The first kappa shape index (κ1) is 28.8. The highest BCUT2D eigenvalue weighted by Gasteiger charge is 2.36. The number of methoxy groups -OCH3 is 1. The molecule has 42 heavy (non-hydrogen) atoms. The molecule has 0 spiro atoms. The third kappa shape index (κ3) is 5.33. The van der Waals surface area contributed by atoms with E-state index >= 15 is 0 Å². The van der Waals surface area contributed by atoms with Crippen LogP contribution in [0.25, 0.3) is 16.8 Å². The number of fused-ring (bicyclic) bond motifs is 2. The summed E-state index contributed by atoms with van der Waals surface area (Å²) in [5.74, 6) is -0.321. The van der Waals surface area contributed by atoms with Gasteiger partial charge >= 0.3 is 5.97 Å². The van der Waals surface area contributed by atoms with E-state index in [0.29, 0.717) is 50.8 Å². The maximum atomic E-state index is 14.2. The minimum atomic E-state index is -1.08. The Morgan fingerprint density at radius 2 is 1.86 bits per heavy atom. The zero-order chi connectivity index (χ0) is 30.0. The van der Waals surface area contributed by atoms with Gasteiger partial charge in [0.15, 0.2) is 11.4 Å². The lowest BCUT2D eigenvalue weighted by molar-refractivity contribution is -0.139. The van der Waals surface area contributed by atoms with Crippen LogP contribution in [0.5, 0.6) is 11.5 Å². The van der Waals surface area contributed by atoms with Crippen molar-refractivity contribution in [2.45, 2.75) is 26.8 Å². The molecule has 1 atom stereocenters. The van der Waals surface area contributed by atoms with Crippen molar-refractivity contribution in [1.82, 2.24) is 9.47 Å². The fourth-order valence-electron chi connectivity index (χ4n) is 5.28. The Hall–Kier alpha value is -4.70. The average molecular weight is 586 g/mol. The normalized spacial score (nSPS) is 14.9. The summed E-state index contributed by atoms with van der Waals surface area (Å²) in [5, 5.41) is 10.8. The van der Waals surface area contributed by atoms with Gasteiger partial charge in [0.1, 0.15) is 17.5 Å². The van der Waals surface area contributed by atoms with Crippen LogP contribution >= 0.6 is 11.3 Å². The Kier molecular flexibility index (Phi) is 8.26. The van der Waals surface area contributed by atoms with Crippen molar-refractivity contribution < 1.29 is 24.2 Å². The molecule has 4 aromatic rings. The van der Waals surface area contributed by atoms with Gasteiger partial charge in [-0.1, -0.05) is 53.8 Å². The summed E-state index contributed by atoms with van der Waals surface area (Å²) >= 11 is 1.23. The number of likely N-dealkylation sites (N-methyl/N-ethyl adjacent to an activating group) is 1. The topological polar surface area (TPSA) is 110 Å². The number of carboxylic acid groups (broad SMARTS) is 1. The number of carboxylic acids is 1. The molecular formula is C32H31N3O6S. The molecule has 0 aliphatic carbocycles. The Morgan fingerprint density at radius 3 is 2.57 bits per heavy atom. The van der Waals surface area contributed by atoms with Gasteiger partial charge < -0.3 is 19.5 Å². The molecule has 3 aromatic carbocycles. The highest BCUT2D eigenvalue weighted by atomic mass is 32.1. The van der Waals surface area contributed by atoms with Crippen LogP contribution in [0.3, 0.4) is 0 Å². The van der Waals surface area contributed by atoms with Gasteiger partial charge in [0.2, 0.25) is 0 Å². The molecule has 1 aromatic heterocycles. The van der Waals surface area contributed by atoms with E-state index in [1.807, 2.05) is 57.2 Å². The molecule has 5 rings (SSSR count). The first-order valence-electron chi connectivity index (χ1n) is 13.6. The summed E-state index contributed by atoms with van der Waals surface area (Å²) in [7, 11) is 1.58. The van der Waals surface area contributed by atoms with Crippen LogP contribution in [-0.2, 0) is 9.59 Å².